The Morgan fingerprint density at radius 3 is 2.03 bits per heavy atom. The first-order valence-corrected chi connectivity index (χ1v) is 10.3. The Balaban J connectivity index is 1.69. The lowest BCUT2D eigenvalue weighted by Crippen LogP contribution is -2.28. The van der Waals surface area contributed by atoms with Crippen LogP contribution in [0.5, 0.6) is 11.5 Å². The zero-order valence-electron chi connectivity index (χ0n) is 18.2. The van der Waals surface area contributed by atoms with Crippen LogP contribution in [0.3, 0.4) is 0 Å². The maximum Gasteiger partial charge on any atom is 0.387 e. The van der Waals surface area contributed by atoms with Crippen molar-refractivity contribution < 1.29 is 31.8 Å². The topological polar surface area (TPSA) is 86.2 Å². The highest BCUT2D eigenvalue weighted by atomic mass is 19.3. The van der Waals surface area contributed by atoms with Crippen molar-refractivity contribution in [2.45, 2.75) is 26.2 Å². The number of carbonyl (C=O) groups is 1. The van der Waals surface area contributed by atoms with Gasteiger partial charge in [0.2, 0.25) is 0 Å². The predicted octanol–water partition coefficient (Wildman–Crippen LogP) is 5.39. The Kier molecular flexibility index (Phi) is 7.04. The first kappa shape index (κ1) is 23.9. The van der Waals surface area contributed by atoms with Gasteiger partial charge < -0.3 is 14.8 Å². The van der Waals surface area contributed by atoms with Crippen LogP contribution in [0.4, 0.5) is 17.6 Å². The summed E-state index contributed by atoms with van der Waals surface area (Å²) in [6.07, 6.45) is 1.60. The minimum atomic E-state index is -3.22. The Labute approximate surface area is 196 Å². The Hall–Kier alpha value is -4.28. The van der Waals surface area contributed by atoms with Crippen molar-refractivity contribution in [1.29, 1.82) is 0 Å². The maximum atomic E-state index is 13.0. The summed E-state index contributed by atoms with van der Waals surface area (Å²) in [6.45, 7) is -4.79. The lowest BCUT2D eigenvalue weighted by atomic mass is 10.1. The van der Waals surface area contributed by atoms with Crippen molar-refractivity contribution in [2.75, 3.05) is 0 Å². The molecule has 0 aliphatic heterocycles. The van der Waals surface area contributed by atoms with E-state index >= 15 is 0 Å². The molecule has 180 valence electrons. The van der Waals surface area contributed by atoms with Gasteiger partial charge in [-0.25, -0.2) is 9.97 Å². The number of carbonyl (C=O) groups excluding carboxylic acids is 1. The van der Waals surface area contributed by atoms with E-state index in [9.17, 15) is 22.4 Å². The molecule has 1 amide bonds. The van der Waals surface area contributed by atoms with Crippen molar-refractivity contribution in [3.05, 3.63) is 78.1 Å². The van der Waals surface area contributed by atoms with Crippen LogP contribution in [0.1, 0.15) is 29.0 Å². The summed E-state index contributed by atoms with van der Waals surface area (Å²) in [5.74, 6) is -1.76. The molecule has 1 atom stereocenters. The smallest absolute Gasteiger partial charge is 0.387 e. The Morgan fingerprint density at radius 2 is 1.46 bits per heavy atom. The number of pyridine rings is 1. The van der Waals surface area contributed by atoms with Gasteiger partial charge in [-0.15, -0.1) is 0 Å². The third kappa shape index (κ3) is 5.81. The summed E-state index contributed by atoms with van der Waals surface area (Å²) in [7, 11) is 0. The number of amides is 1. The van der Waals surface area contributed by atoms with E-state index in [1.807, 2.05) is 6.07 Å². The number of hydrogen-bond donors (Lipinski definition) is 1. The standard InChI is InChI=1S/C24H18F4N4O3/c1-13(30-22(33)14-10-15(34-23(25)26)12-16(11-14)35-24(27)28)20-21(19-8-4-5-9-29-19)32-18-7-3-2-6-17(18)31-20/h2-13,23-24H,1H3,(H,30,33)/t13-/m0/s1. The molecule has 35 heavy (non-hydrogen) atoms. The third-order valence-corrected chi connectivity index (χ3v) is 4.86. The molecule has 1 N–H and O–H groups in total. The summed E-state index contributed by atoms with van der Waals surface area (Å²) in [5.41, 5.74) is 2.36. The van der Waals surface area contributed by atoms with Crippen molar-refractivity contribution in [3.8, 4) is 22.9 Å². The molecule has 0 unspecified atom stereocenters. The molecule has 0 radical (unpaired) electrons. The van der Waals surface area contributed by atoms with Crippen LogP contribution in [0.2, 0.25) is 0 Å². The Morgan fingerprint density at radius 1 is 0.857 bits per heavy atom. The number of rotatable bonds is 8. The molecular weight excluding hydrogens is 468 g/mol. The summed E-state index contributed by atoms with van der Waals surface area (Å²) < 4.78 is 59.3. The zero-order valence-corrected chi connectivity index (χ0v) is 18.2. The molecule has 4 aromatic rings. The molecule has 0 aliphatic carbocycles. The first-order valence-electron chi connectivity index (χ1n) is 10.3. The molecule has 2 aromatic carbocycles. The molecule has 0 saturated carbocycles. The van der Waals surface area contributed by atoms with Crippen LogP contribution in [-0.4, -0.2) is 34.1 Å². The number of fused-ring (bicyclic) bond motifs is 1. The average molecular weight is 486 g/mol. The first-order chi connectivity index (χ1) is 16.8. The van der Waals surface area contributed by atoms with Crippen LogP contribution in [0.15, 0.2) is 66.9 Å². The lowest BCUT2D eigenvalue weighted by molar-refractivity contribution is -0.0543. The van der Waals surface area contributed by atoms with Gasteiger partial charge >= 0.3 is 13.2 Å². The van der Waals surface area contributed by atoms with Gasteiger partial charge in [-0.2, -0.15) is 17.6 Å². The number of hydrogen-bond acceptors (Lipinski definition) is 6. The fourth-order valence-electron chi connectivity index (χ4n) is 3.40. The monoisotopic (exact) mass is 486 g/mol. The quantitative estimate of drug-likeness (QED) is 0.337. The molecule has 4 rings (SSSR count). The molecule has 2 heterocycles. The summed E-state index contributed by atoms with van der Waals surface area (Å²) in [6, 6.07) is 14.6. The third-order valence-electron chi connectivity index (χ3n) is 4.86. The molecule has 0 aliphatic rings. The fourth-order valence-corrected chi connectivity index (χ4v) is 3.40. The van der Waals surface area contributed by atoms with E-state index in [0.29, 0.717) is 28.1 Å². The second-order valence-electron chi connectivity index (χ2n) is 7.31. The normalized spacial score (nSPS) is 12.1. The number of alkyl halides is 4. The molecule has 0 spiro atoms. The molecular formula is C24H18F4N4O3. The van der Waals surface area contributed by atoms with Gasteiger partial charge in [-0.05, 0) is 43.3 Å². The fraction of sp³-hybridized carbons (Fsp3) is 0.167. The summed E-state index contributed by atoms with van der Waals surface area (Å²) in [5, 5.41) is 2.69. The van der Waals surface area contributed by atoms with Gasteiger partial charge in [0.05, 0.1) is 28.5 Å². The molecule has 0 bridgehead atoms. The van der Waals surface area contributed by atoms with E-state index in [2.05, 4.69) is 29.7 Å². The zero-order chi connectivity index (χ0) is 24.9. The second-order valence-corrected chi connectivity index (χ2v) is 7.31. The van der Waals surface area contributed by atoms with E-state index in [1.54, 1.807) is 49.5 Å². The summed E-state index contributed by atoms with van der Waals surface area (Å²) in [4.78, 5) is 26.6. The van der Waals surface area contributed by atoms with Crippen molar-refractivity contribution >= 4 is 16.9 Å². The number of aromatic nitrogens is 3. The van der Waals surface area contributed by atoms with Crippen molar-refractivity contribution in [3.63, 3.8) is 0 Å². The van der Waals surface area contributed by atoms with Crippen molar-refractivity contribution in [1.82, 2.24) is 20.3 Å². The lowest BCUT2D eigenvalue weighted by Gasteiger charge is -2.18. The van der Waals surface area contributed by atoms with Gasteiger partial charge in [0, 0.05) is 17.8 Å². The highest BCUT2D eigenvalue weighted by molar-refractivity contribution is 5.95. The van der Waals surface area contributed by atoms with E-state index in [4.69, 9.17) is 0 Å². The van der Waals surface area contributed by atoms with Gasteiger partial charge in [-0.1, -0.05) is 18.2 Å². The number of halogens is 4. The van der Waals surface area contributed by atoms with Crippen LogP contribution in [-0.2, 0) is 0 Å². The highest BCUT2D eigenvalue weighted by Crippen LogP contribution is 2.28. The summed E-state index contributed by atoms with van der Waals surface area (Å²) >= 11 is 0. The van der Waals surface area contributed by atoms with E-state index < -0.39 is 36.7 Å². The SMILES string of the molecule is C[C@H](NC(=O)c1cc(OC(F)F)cc(OC(F)F)c1)c1nc2ccccc2nc1-c1ccccn1. The van der Waals surface area contributed by atoms with Crippen LogP contribution >= 0.6 is 0 Å². The van der Waals surface area contributed by atoms with Gasteiger partial charge in [0.25, 0.3) is 5.91 Å². The number of nitrogens with one attached hydrogen (secondary N) is 1. The van der Waals surface area contributed by atoms with Crippen LogP contribution in [0.25, 0.3) is 22.4 Å². The minimum absolute atomic E-state index is 0.223. The average Bonchev–Trinajstić information content (AvgIpc) is 2.82. The molecule has 7 nitrogen and oxygen atoms in total. The van der Waals surface area contributed by atoms with E-state index in [0.717, 1.165) is 18.2 Å². The largest absolute Gasteiger partial charge is 0.435 e. The van der Waals surface area contributed by atoms with Gasteiger partial charge in [-0.3, -0.25) is 9.78 Å². The number of para-hydroxylation sites is 2. The number of nitrogens with zero attached hydrogens (tertiary/aromatic N) is 3. The van der Waals surface area contributed by atoms with Crippen LogP contribution in [0, 0.1) is 0 Å². The highest BCUT2D eigenvalue weighted by Gasteiger charge is 2.21. The maximum absolute atomic E-state index is 13.0. The van der Waals surface area contributed by atoms with Gasteiger partial charge in [0.1, 0.15) is 17.2 Å². The molecule has 2 aromatic heterocycles. The Bertz CT molecular complexity index is 1310. The van der Waals surface area contributed by atoms with E-state index in [-0.39, 0.29) is 5.56 Å². The molecule has 0 saturated heterocycles. The molecule has 11 heteroatoms. The van der Waals surface area contributed by atoms with Crippen molar-refractivity contribution in [2.24, 2.45) is 0 Å². The second kappa shape index (κ2) is 10.3. The number of benzene rings is 2. The molecule has 0 fully saturated rings. The van der Waals surface area contributed by atoms with Crippen LogP contribution < -0.4 is 14.8 Å². The minimum Gasteiger partial charge on any atom is -0.435 e. The van der Waals surface area contributed by atoms with Gasteiger partial charge in [0.15, 0.2) is 0 Å². The van der Waals surface area contributed by atoms with E-state index in [1.165, 1.54) is 0 Å². The predicted molar refractivity (Wildman–Crippen MR) is 118 cm³/mol. The number of ether oxygens (including phenoxy) is 2.